The van der Waals surface area contributed by atoms with Crippen LogP contribution in [0.2, 0.25) is 0 Å². The number of hydrogen-bond acceptors (Lipinski definition) is 4. The molecule has 5 heteroatoms. The summed E-state index contributed by atoms with van der Waals surface area (Å²) in [6.45, 7) is 7.93. The number of amides is 1. The minimum absolute atomic E-state index is 0.0677. The molecule has 0 aromatic heterocycles. The molecule has 1 aliphatic heterocycles. The monoisotopic (exact) mass is 256 g/mol. The van der Waals surface area contributed by atoms with Crippen molar-refractivity contribution < 1.29 is 14.3 Å². The van der Waals surface area contributed by atoms with Crippen LogP contribution in [-0.2, 0) is 14.3 Å². The van der Waals surface area contributed by atoms with Gasteiger partial charge in [-0.2, -0.15) is 0 Å². The minimum Gasteiger partial charge on any atom is -0.379 e. The summed E-state index contributed by atoms with van der Waals surface area (Å²) in [5, 5.41) is 3.00. The molecule has 1 aliphatic carbocycles. The zero-order chi connectivity index (χ0) is 13.4. The van der Waals surface area contributed by atoms with Gasteiger partial charge in [0.05, 0.1) is 18.8 Å². The van der Waals surface area contributed by atoms with E-state index in [0.717, 1.165) is 6.42 Å². The number of carbonyl (C=O) groups is 1. The molecule has 18 heavy (non-hydrogen) atoms. The van der Waals surface area contributed by atoms with Gasteiger partial charge in [-0.15, -0.1) is 0 Å². The maximum atomic E-state index is 12.3. The second-order valence-electron chi connectivity index (χ2n) is 5.88. The van der Waals surface area contributed by atoms with Crippen LogP contribution < -0.4 is 11.1 Å². The maximum Gasteiger partial charge on any atom is 0.241 e. The molecule has 1 amide bonds. The van der Waals surface area contributed by atoms with Gasteiger partial charge in [0.1, 0.15) is 5.54 Å². The van der Waals surface area contributed by atoms with Gasteiger partial charge in [0, 0.05) is 25.0 Å². The van der Waals surface area contributed by atoms with Gasteiger partial charge in [-0.3, -0.25) is 4.79 Å². The van der Waals surface area contributed by atoms with E-state index in [1.807, 2.05) is 20.8 Å². The first kappa shape index (κ1) is 13.8. The van der Waals surface area contributed by atoms with Crippen LogP contribution in [0.4, 0.5) is 0 Å². The molecule has 0 radical (unpaired) electrons. The molecular weight excluding hydrogens is 232 g/mol. The lowest BCUT2D eigenvalue weighted by Crippen LogP contribution is -2.76. The van der Waals surface area contributed by atoms with Crippen molar-refractivity contribution in [3.05, 3.63) is 0 Å². The highest BCUT2D eigenvalue weighted by Crippen LogP contribution is 2.49. The summed E-state index contributed by atoms with van der Waals surface area (Å²) in [5.41, 5.74) is 5.14. The Labute approximate surface area is 108 Å². The molecule has 0 bridgehead atoms. The van der Waals surface area contributed by atoms with E-state index in [4.69, 9.17) is 15.2 Å². The molecule has 2 rings (SSSR count). The molecular formula is C13H24N2O3. The Balaban J connectivity index is 1.97. The van der Waals surface area contributed by atoms with Gasteiger partial charge in [0.25, 0.3) is 0 Å². The van der Waals surface area contributed by atoms with Crippen molar-refractivity contribution in [1.29, 1.82) is 0 Å². The van der Waals surface area contributed by atoms with Crippen LogP contribution in [-0.4, -0.2) is 43.4 Å². The molecule has 0 aromatic carbocycles. The summed E-state index contributed by atoms with van der Waals surface area (Å²) in [5.74, 6) is -0.0704. The molecule has 104 valence electrons. The van der Waals surface area contributed by atoms with E-state index in [0.29, 0.717) is 26.2 Å². The largest absolute Gasteiger partial charge is 0.379 e. The lowest BCUT2D eigenvalue weighted by atomic mass is 9.54. The normalized spacial score (nSPS) is 38.2. The molecule has 1 saturated carbocycles. The van der Waals surface area contributed by atoms with Crippen molar-refractivity contribution in [3.8, 4) is 0 Å². The van der Waals surface area contributed by atoms with Gasteiger partial charge < -0.3 is 20.5 Å². The van der Waals surface area contributed by atoms with Gasteiger partial charge in [0.15, 0.2) is 0 Å². The highest BCUT2D eigenvalue weighted by Gasteiger charge is 2.63. The minimum atomic E-state index is -0.824. The Morgan fingerprint density at radius 2 is 2.28 bits per heavy atom. The molecule has 0 spiro atoms. The summed E-state index contributed by atoms with van der Waals surface area (Å²) in [6, 6.07) is 0.111. The van der Waals surface area contributed by atoms with E-state index in [2.05, 4.69) is 5.32 Å². The van der Waals surface area contributed by atoms with E-state index < -0.39 is 5.54 Å². The third-order valence-electron chi connectivity index (χ3n) is 4.50. The van der Waals surface area contributed by atoms with Gasteiger partial charge in [-0.05, 0) is 13.3 Å². The lowest BCUT2D eigenvalue weighted by Gasteiger charge is -2.57. The molecule has 3 N–H and O–H groups in total. The number of carbonyl (C=O) groups excluding carboxylic acids is 1. The van der Waals surface area contributed by atoms with Crippen LogP contribution in [0.5, 0.6) is 0 Å². The topological polar surface area (TPSA) is 73.6 Å². The highest BCUT2D eigenvalue weighted by molar-refractivity contribution is 5.89. The van der Waals surface area contributed by atoms with Crippen molar-refractivity contribution in [2.24, 2.45) is 11.1 Å². The molecule has 0 aromatic rings. The fraction of sp³-hybridized carbons (Fsp3) is 0.923. The van der Waals surface area contributed by atoms with Crippen molar-refractivity contribution in [2.45, 2.75) is 51.3 Å². The van der Waals surface area contributed by atoms with Crippen LogP contribution >= 0.6 is 0 Å². The first-order valence-corrected chi connectivity index (χ1v) is 6.71. The van der Waals surface area contributed by atoms with Crippen LogP contribution in [0.15, 0.2) is 0 Å². The second kappa shape index (κ2) is 4.79. The maximum absolute atomic E-state index is 12.3. The standard InChI is InChI=1S/C13H24N2O3/c1-4-18-10-7-13(14,12(10,2)3)11(16)15-9-5-6-17-8-9/h9-10H,4-8,14H2,1-3H3,(H,15,16). The molecule has 3 unspecified atom stereocenters. The molecule has 1 heterocycles. The molecule has 5 nitrogen and oxygen atoms in total. The summed E-state index contributed by atoms with van der Waals surface area (Å²) in [6.07, 6.45) is 1.53. The Hall–Kier alpha value is -0.650. The van der Waals surface area contributed by atoms with Gasteiger partial charge in [-0.25, -0.2) is 0 Å². The van der Waals surface area contributed by atoms with E-state index in [1.54, 1.807) is 0 Å². The average Bonchev–Trinajstić information content (AvgIpc) is 2.81. The van der Waals surface area contributed by atoms with E-state index in [9.17, 15) is 4.79 Å². The number of nitrogens with two attached hydrogens (primary N) is 1. The third-order valence-corrected chi connectivity index (χ3v) is 4.50. The Kier molecular flexibility index (Phi) is 3.67. The van der Waals surface area contributed by atoms with E-state index in [1.165, 1.54) is 0 Å². The lowest BCUT2D eigenvalue weighted by molar-refractivity contribution is -0.171. The highest BCUT2D eigenvalue weighted by atomic mass is 16.5. The molecule has 1 saturated heterocycles. The summed E-state index contributed by atoms with van der Waals surface area (Å²) in [7, 11) is 0. The molecule has 2 fully saturated rings. The van der Waals surface area contributed by atoms with Gasteiger partial charge >= 0.3 is 0 Å². The van der Waals surface area contributed by atoms with Gasteiger partial charge in [0.2, 0.25) is 5.91 Å². The predicted molar refractivity (Wildman–Crippen MR) is 68.1 cm³/mol. The number of ether oxygens (including phenoxy) is 2. The zero-order valence-corrected chi connectivity index (χ0v) is 11.5. The smallest absolute Gasteiger partial charge is 0.241 e. The Bertz CT molecular complexity index is 326. The molecule has 3 atom stereocenters. The summed E-state index contributed by atoms with van der Waals surface area (Å²) < 4.78 is 10.9. The average molecular weight is 256 g/mol. The quantitative estimate of drug-likeness (QED) is 0.765. The fourth-order valence-corrected chi connectivity index (χ4v) is 2.78. The Morgan fingerprint density at radius 1 is 1.56 bits per heavy atom. The number of nitrogens with one attached hydrogen (secondary N) is 1. The van der Waals surface area contributed by atoms with Crippen molar-refractivity contribution in [2.75, 3.05) is 19.8 Å². The predicted octanol–water partition coefficient (Wildman–Crippen LogP) is 0.424. The summed E-state index contributed by atoms with van der Waals surface area (Å²) >= 11 is 0. The van der Waals surface area contributed by atoms with Crippen LogP contribution in [0, 0.1) is 5.41 Å². The first-order valence-electron chi connectivity index (χ1n) is 6.71. The van der Waals surface area contributed by atoms with Crippen molar-refractivity contribution >= 4 is 5.91 Å². The Morgan fingerprint density at radius 3 is 2.78 bits per heavy atom. The SMILES string of the molecule is CCOC1CC(N)(C(=O)NC2CCOC2)C1(C)C. The molecule has 2 aliphatic rings. The van der Waals surface area contributed by atoms with Crippen LogP contribution in [0.3, 0.4) is 0 Å². The van der Waals surface area contributed by atoms with Gasteiger partial charge in [-0.1, -0.05) is 13.8 Å². The fourth-order valence-electron chi connectivity index (χ4n) is 2.78. The zero-order valence-electron chi connectivity index (χ0n) is 11.5. The number of rotatable bonds is 4. The number of hydrogen-bond donors (Lipinski definition) is 2. The van der Waals surface area contributed by atoms with E-state index >= 15 is 0 Å². The van der Waals surface area contributed by atoms with Crippen LogP contribution in [0.1, 0.15) is 33.6 Å². The first-order chi connectivity index (χ1) is 8.41. The third kappa shape index (κ3) is 2.04. The van der Waals surface area contributed by atoms with Crippen molar-refractivity contribution in [3.63, 3.8) is 0 Å². The van der Waals surface area contributed by atoms with E-state index in [-0.39, 0.29) is 23.5 Å². The van der Waals surface area contributed by atoms with Crippen molar-refractivity contribution in [1.82, 2.24) is 5.32 Å². The summed E-state index contributed by atoms with van der Waals surface area (Å²) in [4.78, 5) is 12.3. The second-order valence-corrected chi connectivity index (χ2v) is 5.88. The van der Waals surface area contributed by atoms with Crippen LogP contribution in [0.25, 0.3) is 0 Å².